The molecular formula is C42H32N2. The van der Waals surface area contributed by atoms with E-state index in [4.69, 9.17) is 0 Å². The Morgan fingerprint density at radius 1 is 0.432 bits per heavy atom. The van der Waals surface area contributed by atoms with Gasteiger partial charge in [-0.25, -0.2) is 0 Å². The first kappa shape index (κ1) is 26.1. The van der Waals surface area contributed by atoms with Gasteiger partial charge in [-0.2, -0.15) is 0 Å². The molecule has 0 saturated heterocycles. The van der Waals surface area contributed by atoms with Crippen LogP contribution < -0.4 is 9.80 Å². The fourth-order valence-electron chi connectivity index (χ4n) is 6.69. The van der Waals surface area contributed by atoms with E-state index in [1.807, 2.05) is 0 Å². The molecule has 2 atom stereocenters. The predicted octanol–water partition coefficient (Wildman–Crippen LogP) is 11.2. The van der Waals surface area contributed by atoms with Gasteiger partial charge < -0.3 is 9.80 Å². The van der Waals surface area contributed by atoms with Crippen LogP contribution in [0, 0.1) is 0 Å². The van der Waals surface area contributed by atoms with Crippen molar-refractivity contribution >= 4 is 28.4 Å². The summed E-state index contributed by atoms with van der Waals surface area (Å²) >= 11 is 0. The number of anilines is 5. The molecule has 0 saturated carbocycles. The summed E-state index contributed by atoms with van der Waals surface area (Å²) in [4.78, 5) is 4.86. The monoisotopic (exact) mass is 564 g/mol. The van der Waals surface area contributed by atoms with Gasteiger partial charge in [0.1, 0.15) is 0 Å². The molecule has 6 aromatic carbocycles. The number of hydrogen-bond donors (Lipinski definition) is 0. The molecule has 2 nitrogen and oxygen atoms in total. The number of allylic oxidation sites excluding steroid dienone is 2. The van der Waals surface area contributed by atoms with Crippen LogP contribution in [0.25, 0.3) is 22.3 Å². The largest absolute Gasteiger partial charge is 0.333 e. The zero-order valence-electron chi connectivity index (χ0n) is 24.4. The highest BCUT2D eigenvalue weighted by molar-refractivity contribution is 5.83. The molecule has 0 aromatic heterocycles. The SMILES string of the molecule is C1=CC2c3ccccc3N(c3cccc(N(c4ccc(-c5ccccc5)cc4)c4ccc(-c5ccccc5)cc4)c3)C2C=C1. The lowest BCUT2D eigenvalue weighted by molar-refractivity contribution is 0.745. The topological polar surface area (TPSA) is 6.48 Å². The molecule has 6 aromatic rings. The standard InChI is InChI=1S/C42H32N2/c1-3-12-31(13-4-1)33-22-26-35(27-23-33)43(36-28-24-34(25-29-36)32-14-5-2-6-15-32)37-16-11-17-38(30-37)44-41-20-9-7-18-39(41)40-19-8-10-21-42(40)44/h1-30,39,41H. The third-order valence-electron chi connectivity index (χ3n) is 8.79. The number of rotatable bonds is 6. The maximum absolute atomic E-state index is 2.50. The molecule has 1 heterocycles. The lowest BCUT2D eigenvalue weighted by Gasteiger charge is -2.31. The van der Waals surface area contributed by atoms with E-state index in [1.54, 1.807) is 0 Å². The van der Waals surface area contributed by atoms with Crippen molar-refractivity contribution in [1.29, 1.82) is 0 Å². The van der Waals surface area contributed by atoms with Crippen LogP contribution in [-0.4, -0.2) is 6.04 Å². The van der Waals surface area contributed by atoms with Gasteiger partial charge >= 0.3 is 0 Å². The Morgan fingerprint density at radius 2 is 0.977 bits per heavy atom. The van der Waals surface area contributed by atoms with Gasteiger partial charge in [0.25, 0.3) is 0 Å². The van der Waals surface area contributed by atoms with Gasteiger partial charge in [-0.3, -0.25) is 0 Å². The zero-order chi connectivity index (χ0) is 29.3. The Labute approximate surface area is 259 Å². The van der Waals surface area contributed by atoms with Crippen LogP contribution in [0.2, 0.25) is 0 Å². The first-order valence-electron chi connectivity index (χ1n) is 15.3. The highest BCUT2D eigenvalue weighted by Crippen LogP contribution is 2.48. The molecule has 2 heteroatoms. The second-order valence-electron chi connectivity index (χ2n) is 11.4. The van der Waals surface area contributed by atoms with Crippen molar-refractivity contribution in [3.63, 3.8) is 0 Å². The fraction of sp³-hybridized carbons (Fsp3) is 0.0476. The molecule has 2 unspecified atom stereocenters. The van der Waals surface area contributed by atoms with E-state index in [0.717, 1.165) is 17.1 Å². The highest BCUT2D eigenvalue weighted by atomic mass is 15.2. The maximum Gasteiger partial charge on any atom is 0.0629 e. The smallest absolute Gasteiger partial charge is 0.0629 e. The number of para-hydroxylation sites is 1. The maximum atomic E-state index is 2.50. The van der Waals surface area contributed by atoms with Gasteiger partial charge in [0.05, 0.1) is 6.04 Å². The van der Waals surface area contributed by atoms with E-state index < -0.39 is 0 Å². The van der Waals surface area contributed by atoms with E-state index in [2.05, 4.69) is 192 Å². The van der Waals surface area contributed by atoms with Crippen molar-refractivity contribution in [1.82, 2.24) is 0 Å². The van der Waals surface area contributed by atoms with Crippen LogP contribution in [0.4, 0.5) is 28.4 Å². The number of benzene rings is 6. The number of nitrogens with zero attached hydrogens (tertiary/aromatic N) is 2. The van der Waals surface area contributed by atoms with Crippen molar-refractivity contribution in [3.8, 4) is 22.3 Å². The molecule has 2 aliphatic rings. The third kappa shape index (κ3) is 4.71. The Bertz CT molecular complexity index is 1870. The van der Waals surface area contributed by atoms with Crippen molar-refractivity contribution in [2.45, 2.75) is 12.0 Å². The predicted molar refractivity (Wildman–Crippen MR) is 185 cm³/mol. The molecule has 0 N–H and O–H groups in total. The van der Waals surface area contributed by atoms with Gasteiger partial charge in [0.2, 0.25) is 0 Å². The van der Waals surface area contributed by atoms with Gasteiger partial charge in [0.15, 0.2) is 0 Å². The lowest BCUT2D eigenvalue weighted by Crippen LogP contribution is -2.28. The molecule has 0 amide bonds. The molecular weight excluding hydrogens is 532 g/mol. The van der Waals surface area contributed by atoms with Crippen LogP contribution in [0.15, 0.2) is 182 Å². The third-order valence-corrected chi connectivity index (χ3v) is 8.79. The van der Waals surface area contributed by atoms with E-state index in [1.165, 1.54) is 39.2 Å². The normalized spacial score (nSPS) is 16.4. The summed E-state index contributed by atoms with van der Waals surface area (Å²) in [5.41, 5.74) is 12.1. The molecule has 44 heavy (non-hydrogen) atoms. The molecule has 1 aliphatic heterocycles. The molecule has 0 fully saturated rings. The second kappa shape index (κ2) is 11.2. The van der Waals surface area contributed by atoms with Crippen molar-refractivity contribution in [3.05, 3.63) is 188 Å². The molecule has 8 rings (SSSR count). The van der Waals surface area contributed by atoms with Crippen LogP contribution in [0.5, 0.6) is 0 Å². The Morgan fingerprint density at radius 3 is 1.61 bits per heavy atom. The lowest BCUT2D eigenvalue weighted by atomic mass is 9.91. The van der Waals surface area contributed by atoms with Crippen molar-refractivity contribution < 1.29 is 0 Å². The number of hydrogen-bond acceptors (Lipinski definition) is 2. The second-order valence-corrected chi connectivity index (χ2v) is 11.4. The summed E-state index contributed by atoms with van der Waals surface area (Å²) in [7, 11) is 0. The average molecular weight is 565 g/mol. The zero-order valence-corrected chi connectivity index (χ0v) is 24.4. The van der Waals surface area contributed by atoms with E-state index in [-0.39, 0.29) is 6.04 Å². The summed E-state index contributed by atoms with van der Waals surface area (Å²) in [6, 6.07) is 57.0. The minimum Gasteiger partial charge on any atom is -0.333 e. The van der Waals surface area contributed by atoms with Gasteiger partial charge in [-0.05, 0) is 76.3 Å². The average Bonchev–Trinajstić information content (AvgIpc) is 3.44. The Balaban J connectivity index is 1.22. The summed E-state index contributed by atoms with van der Waals surface area (Å²) in [6.45, 7) is 0. The van der Waals surface area contributed by atoms with Gasteiger partial charge in [-0.1, -0.05) is 133 Å². The molecule has 1 aliphatic carbocycles. The van der Waals surface area contributed by atoms with E-state index >= 15 is 0 Å². The number of fused-ring (bicyclic) bond motifs is 3. The van der Waals surface area contributed by atoms with Crippen molar-refractivity contribution in [2.75, 3.05) is 9.80 Å². The minimum absolute atomic E-state index is 0.261. The van der Waals surface area contributed by atoms with Crippen molar-refractivity contribution in [2.24, 2.45) is 0 Å². The summed E-state index contributed by atoms with van der Waals surface area (Å²) in [6.07, 6.45) is 9.03. The van der Waals surface area contributed by atoms with Crippen LogP contribution >= 0.6 is 0 Å². The van der Waals surface area contributed by atoms with E-state index in [0.29, 0.717) is 5.92 Å². The first-order chi connectivity index (χ1) is 21.8. The van der Waals surface area contributed by atoms with Gasteiger partial charge in [0, 0.05) is 34.4 Å². The molecule has 210 valence electrons. The Hall–Kier alpha value is -5.60. The highest BCUT2D eigenvalue weighted by Gasteiger charge is 2.37. The quantitative estimate of drug-likeness (QED) is 0.198. The van der Waals surface area contributed by atoms with Crippen LogP contribution in [-0.2, 0) is 0 Å². The minimum atomic E-state index is 0.261. The molecule has 0 bridgehead atoms. The van der Waals surface area contributed by atoms with Gasteiger partial charge in [-0.15, -0.1) is 0 Å². The summed E-state index contributed by atoms with van der Waals surface area (Å²) in [5, 5.41) is 0. The summed E-state index contributed by atoms with van der Waals surface area (Å²) in [5.74, 6) is 0.354. The summed E-state index contributed by atoms with van der Waals surface area (Å²) < 4.78 is 0. The molecule has 0 radical (unpaired) electrons. The fourth-order valence-corrected chi connectivity index (χ4v) is 6.69. The Kier molecular flexibility index (Phi) is 6.66. The van der Waals surface area contributed by atoms with Crippen LogP contribution in [0.3, 0.4) is 0 Å². The molecule has 0 spiro atoms. The first-order valence-corrected chi connectivity index (χ1v) is 15.3. The van der Waals surface area contributed by atoms with Crippen LogP contribution in [0.1, 0.15) is 11.5 Å². The van der Waals surface area contributed by atoms with E-state index in [9.17, 15) is 0 Å².